The highest BCUT2D eigenvalue weighted by Gasteiger charge is 2.68. The van der Waals surface area contributed by atoms with Crippen molar-refractivity contribution >= 4 is 11.9 Å². The summed E-state index contributed by atoms with van der Waals surface area (Å²) in [6, 6.07) is 9.76. The number of nitrogens with zero attached hydrogens (tertiary/aromatic N) is 1. The largest absolute Gasteiger partial charge is 0.465 e. The van der Waals surface area contributed by atoms with Crippen molar-refractivity contribution in [3.8, 4) is 0 Å². The number of hydroxylamine groups is 2. The molecule has 0 spiro atoms. The van der Waals surface area contributed by atoms with Gasteiger partial charge in [0.2, 0.25) is 0 Å². The molecule has 1 amide bonds. The monoisotopic (exact) mass is 321 g/mol. The summed E-state index contributed by atoms with van der Waals surface area (Å²) in [7, 11) is 2.88. The van der Waals surface area contributed by atoms with Crippen LogP contribution >= 0.6 is 0 Å². The van der Waals surface area contributed by atoms with E-state index in [2.05, 4.69) is 0 Å². The van der Waals surface area contributed by atoms with Gasteiger partial charge >= 0.3 is 5.97 Å². The summed E-state index contributed by atoms with van der Waals surface area (Å²) in [5, 5.41) is 1.08. The molecule has 2 rings (SSSR count). The van der Waals surface area contributed by atoms with Gasteiger partial charge in [0.15, 0.2) is 5.41 Å². The van der Waals surface area contributed by atoms with Gasteiger partial charge in [0, 0.05) is 13.0 Å². The summed E-state index contributed by atoms with van der Waals surface area (Å²) >= 11 is 0. The number of carbonyl (C=O) groups excluding carboxylic acids is 2. The fraction of sp³-hybridized carbons (Fsp3) is 0.529. The highest BCUT2D eigenvalue weighted by atomic mass is 16.7. The predicted octanol–water partition coefficient (Wildman–Crippen LogP) is 1.79. The van der Waals surface area contributed by atoms with E-state index in [-0.39, 0.29) is 18.4 Å². The Labute approximate surface area is 136 Å². The standard InChI is InChI=1S/C17H23NO5/c1-4-23-16(20)17(15(19)18(2)21-3)10-14(17)12-22-11-13-8-6-5-7-9-13/h5-9,14H,4,10-12H2,1-3H3/t14-,17-/m1/s1. The lowest BCUT2D eigenvalue weighted by atomic mass is 10.0. The maximum absolute atomic E-state index is 12.5. The smallest absolute Gasteiger partial charge is 0.322 e. The molecule has 1 aromatic rings. The van der Waals surface area contributed by atoms with Gasteiger partial charge in [-0.05, 0) is 18.9 Å². The van der Waals surface area contributed by atoms with E-state index in [9.17, 15) is 9.59 Å². The Morgan fingerprint density at radius 3 is 2.61 bits per heavy atom. The van der Waals surface area contributed by atoms with Crippen LogP contribution in [0.15, 0.2) is 30.3 Å². The van der Waals surface area contributed by atoms with Crippen molar-refractivity contribution in [2.45, 2.75) is 20.0 Å². The predicted molar refractivity (Wildman–Crippen MR) is 83.1 cm³/mol. The van der Waals surface area contributed by atoms with Crippen molar-refractivity contribution < 1.29 is 23.9 Å². The van der Waals surface area contributed by atoms with Gasteiger partial charge in [-0.3, -0.25) is 14.4 Å². The second-order valence-electron chi connectivity index (χ2n) is 5.58. The fourth-order valence-electron chi connectivity index (χ4n) is 2.65. The van der Waals surface area contributed by atoms with Gasteiger partial charge in [-0.25, -0.2) is 5.06 Å². The van der Waals surface area contributed by atoms with Crippen LogP contribution in [0.2, 0.25) is 0 Å². The Morgan fingerprint density at radius 1 is 1.30 bits per heavy atom. The Morgan fingerprint density at radius 2 is 2.00 bits per heavy atom. The van der Waals surface area contributed by atoms with Gasteiger partial charge < -0.3 is 9.47 Å². The number of amides is 1. The van der Waals surface area contributed by atoms with E-state index in [1.807, 2.05) is 30.3 Å². The number of rotatable bonds is 8. The molecule has 0 radical (unpaired) electrons. The third-order valence-corrected chi connectivity index (χ3v) is 4.12. The molecule has 126 valence electrons. The summed E-state index contributed by atoms with van der Waals surface area (Å²) in [6.07, 6.45) is 0.424. The zero-order valence-electron chi connectivity index (χ0n) is 13.8. The van der Waals surface area contributed by atoms with E-state index in [4.69, 9.17) is 14.3 Å². The normalized spacial score (nSPS) is 22.5. The second kappa shape index (κ2) is 7.57. The maximum atomic E-state index is 12.5. The molecule has 1 aliphatic rings. The molecule has 0 aliphatic heterocycles. The Hall–Kier alpha value is -1.92. The minimum absolute atomic E-state index is 0.185. The summed E-state index contributed by atoms with van der Waals surface area (Å²) in [4.78, 5) is 29.6. The first-order valence-corrected chi connectivity index (χ1v) is 7.67. The van der Waals surface area contributed by atoms with E-state index in [0.717, 1.165) is 10.6 Å². The Kier molecular flexibility index (Phi) is 5.74. The first-order valence-electron chi connectivity index (χ1n) is 7.67. The zero-order chi connectivity index (χ0) is 16.9. The summed E-state index contributed by atoms with van der Waals surface area (Å²) in [5.41, 5.74) is -0.118. The number of hydrogen-bond donors (Lipinski definition) is 0. The van der Waals surface area contributed by atoms with Crippen LogP contribution in [0.3, 0.4) is 0 Å². The molecular formula is C17H23NO5. The van der Waals surface area contributed by atoms with Crippen molar-refractivity contribution in [2.24, 2.45) is 11.3 Å². The minimum atomic E-state index is -1.17. The van der Waals surface area contributed by atoms with Crippen molar-refractivity contribution in [2.75, 3.05) is 27.4 Å². The third kappa shape index (κ3) is 3.71. The van der Waals surface area contributed by atoms with Gasteiger partial charge in [-0.15, -0.1) is 0 Å². The molecule has 0 bridgehead atoms. The lowest BCUT2D eigenvalue weighted by molar-refractivity contribution is -0.182. The Bertz CT molecular complexity index is 547. The lowest BCUT2D eigenvalue weighted by Gasteiger charge is -2.21. The fourth-order valence-corrected chi connectivity index (χ4v) is 2.65. The van der Waals surface area contributed by atoms with Gasteiger partial charge in [0.1, 0.15) is 0 Å². The number of esters is 1. The quantitative estimate of drug-likeness (QED) is 0.415. The van der Waals surface area contributed by atoms with Crippen molar-refractivity contribution in [3.05, 3.63) is 35.9 Å². The van der Waals surface area contributed by atoms with E-state index in [1.54, 1.807) is 6.92 Å². The highest BCUT2D eigenvalue weighted by molar-refractivity contribution is 6.05. The van der Waals surface area contributed by atoms with Crippen LogP contribution in [0.25, 0.3) is 0 Å². The molecule has 0 unspecified atom stereocenters. The van der Waals surface area contributed by atoms with Gasteiger partial charge in [0.25, 0.3) is 5.91 Å². The molecule has 1 saturated carbocycles. The summed E-state index contributed by atoms with van der Waals surface area (Å²) in [6.45, 7) is 2.74. The molecule has 6 nitrogen and oxygen atoms in total. The molecule has 6 heteroatoms. The van der Waals surface area contributed by atoms with Crippen LogP contribution in [0.5, 0.6) is 0 Å². The van der Waals surface area contributed by atoms with Crippen molar-refractivity contribution in [1.29, 1.82) is 0 Å². The van der Waals surface area contributed by atoms with Crippen LogP contribution in [0.1, 0.15) is 18.9 Å². The average molecular weight is 321 g/mol. The maximum Gasteiger partial charge on any atom is 0.322 e. The minimum Gasteiger partial charge on any atom is -0.465 e. The molecular weight excluding hydrogens is 298 g/mol. The molecule has 0 aromatic heterocycles. The molecule has 1 aromatic carbocycles. The van der Waals surface area contributed by atoms with Crippen LogP contribution in [0.4, 0.5) is 0 Å². The number of benzene rings is 1. The highest BCUT2D eigenvalue weighted by Crippen LogP contribution is 2.55. The molecule has 23 heavy (non-hydrogen) atoms. The number of ether oxygens (including phenoxy) is 2. The molecule has 0 N–H and O–H groups in total. The SMILES string of the molecule is CCOC(=O)[C@]1(C(=O)N(C)OC)C[C@@H]1COCc1ccccc1. The molecule has 0 saturated heterocycles. The summed E-state index contributed by atoms with van der Waals surface area (Å²) in [5.74, 6) is -1.07. The molecule has 1 aliphatic carbocycles. The summed E-state index contributed by atoms with van der Waals surface area (Å²) < 4.78 is 10.8. The first-order chi connectivity index (χ1) is 11.1. The topological polar surface area (TPSA) is 65.1 Å². The van der Waals surface area contributed by atoms with E-state index in [0.29, 0.717) is 19.6 Å². The van der Waals surface area contributed by atoms with E-state index in [1.165, 1.54) is 14.2 Å². The zero-order valence-corrected chi connectivity index (χ0v) is 13.8. The third-order valence-electron chi connectivity index (χ3n) is 4.12. The second-order valence-corrected chi connectivity index (χ2v) is 5.58. The van der Waals surface area contributed by atoms with Gasteiger partial charge in [0.05, 0.1) is 26.9 Å². The Balaban J connectivity index is 1.96. The van der Waals surface area contributed by atoms with Gasteiger partial charge in [-0.1, -0.05) is 30.3 Å². The van der Waals surface area contributed by atoms with Crippen LogP contribution in [0, 0.1) is 11.3 Å². The molecule has 2 atom stereocenters. The number of hydrogen-bond acceptors (Lipinski definition) is 5. The van der Waals surface area contributed by atoms with Crippen LogP contribution < -0.4 is 0 Å². The van der Waals surface area contributed by atoms with E-state index < -0.39 is 11.4 Å². The van der Waals surface area contributed by atoms with E-state index >= 15 is 0 Å². The lowest BCUT2D eigenvalue weighted by Crippen LogP contribution is -2.40. The van der Waals surface area contributed by atoms with Crippen LogP contribution in [-0.4, -0.2) is 44.3 Å². The average Bonchev–Trinajstić information content (AvgIpc) is 3.30. The van der Waals surface area contributed by atoms with Crippen molar-refractivity contribution in [3.63, 3.8) is 0 Å². The van der Waals surface area contributed by atoms with Crippen molar-refractivity contribution in [1.82, 2.24) is 5.06 Å². The van der Waals surface area contributed by atoms with Gasteiger partial charge in [-0.2, -0.15) is 0 Å². The first kappa shape index (κ1) is 17.4. The number of carbonyl (C=O) groups is 2. The van der Waals surface area contributed by atoms with Crippen LogP contribution in [-0.2, 0) is 30.5 Å². The molecule has 0 heterocycles. The molecule has 1 fully saturated rings.